The van der Waals surface area contributed by atoms with Crippen LogP contribution in [0.4, 0.5) is 0 Å². The molecule has 4 heteroatoms. The Balaban J connectivity index is 1.98. The molecule has 21 heavy (non-hydrogen) atoms. The highest BCUT2D eigenvalue weighted by Gasteiger charge is 2.34. The number of rotatable bonds is 6. The summed E-state index contributed by atoms with van der Waals surface area (Å²) in [6.45, 7) is 2.10. The fourth-order valence-corrected chi connectivity index (χ4v) is 3.03. The SMILES string of the molecule is CCCC(NC(=O)C1CCC(C(=O)O)C1)c1ccccc1. The number of hydrogen-bond donors (Lipinski definition) is 2. The number of carboxylic acids is 1. The molecule has 1 aliphatic rings. The van der Waals surface area contributed by atoms with E-state index in [-0.39, 0.29) is 23.8 Å². The van der Waals surface area contributed by atoms with Crippen molar-refractivity contribution < 1.29 is 14.7 Å². The van der Waals surface area contributed by atoms with Crippen LogP contribution in [-0.4, -0.2) is 17.0 Å². The van der Waals surface area contributed by atoms with E-state index in [0.29, 0.717) is 19.3 Å². The van der Waals surface area contributed by atoms with Gasteiger partial charge < -0.3 is 10.4 Å². The van der Waals surface area contributed by atoms with Crippen LogP contribution in [0.3, 0.4) is 0 Å². The molecule has 3 unspecified atom stereocenters. The quantitative estimate of drug-likeness (QED) is 0.845. The second-order valence-electron chi connectivity index (χ2n) is 5.81. The Morgan fingerprint density at radius 3 is 2.48 bits per heavy atom. The smallest absolute Gasteiger partial charge is 0.306 e. The first-order chi connectivity index (χ1) is 10.1. The molecule has 1 aliphatic carbocycles. The minimum atomic E-state index is -0.779. The van der Waals surface area contributed by atoms with E-state index in [1.54, 1.807) is 0 Å². The maximum absolute atomic E-state index is 12.4. The fraction of sp³-hybridized carbons (Fsp3) is 0.529. The van der Waals surface area contributed by atoms with Crippen LogP contribution >= 0.6 is 0 Å². The van der Waals surface area contributed by atoms with E-state index in [1.807, 2.05) is 30.3 Å². The lowest BCUT2D eigenvalue weighted by Crippen LogP contribution is -2.33. The lowest BCUT2D eigenvalue weighted by molar-refractivity contribution is -0.141. The molecule has 3 atom stereocenters. The molecule has 0 aliphatic heterocycles. The van der Waals surface area contributed by atoms with Gasteiger partial charge in [-0.25, -0.2) is 0 Å². The van der Waals surface area contributed by atoms with Gasteiger partial charge in [0, 0.05) is 5.92 Å². The van der Waals surface area contributed by atoms with Gasteiger partial charge in [0.1, 0.15) is 0 Å². The lowest BCUT2D eigenvalue weighted by atomic mass is 9.99. The van der Waals surface area contributed by atoms with E-state index >= 15 is 0 Å². The van der Waals surface area contributed by atoms with Crippen molar-refractivity contribution in [2.75, 3.05) is 0 Å². The highest BCUT2D eigenvalue weighted by atomic mass is 16.4. The Labute approximate surface area is 125 Å². The maximum Gasteiger partial charge on any atom is 0.306 e. The summed E-state index contributed by atoms with van der Waals surface area (Å²) in [7, 11) is 0. The molecule has 114 valence electrons. The monoisotopic (exact) mass is 289 g/mol. The number of carbonyl (C=O) groups excluding carboxylic acids is 1. The van der Waals surface area contributed by atoms with E-state index < -0.39 is 5.97 Å². The second kappa shape index (κ2) is 7.25. The molecule has 2 rings (SSSR count). The predicted octanol–water partition coefficient (Wildman–Crippen LogP) is 3.14. The minimum Gasteiger partial charge on any atom is -0.481 e. The average Bonchev–Trinajstić information content (AvgIpc) is 2.98. The number of nitrogens with one attached hydrogen (secondary N) is 1. The molecule has 1 fully saturated rings. The molecular weight excluding hydrogens is 266 g/mol. The summed E-state index contributed by atoms with van der Waals surface area (Å²) in [4.78, 5) is 23.4. The van der Waals surface area contributed by atoms with Gasteiger partial charge in [-0.05, 0) is 31.2 Å². The molecule has 0 bridgehead atoms. The molecule has 2 N–H and O–H groups in total. The Morgan fingerprint density at radius 1 is 1.24 bits per heavy atom. The van der Waals surface area contributed by atoms with Crippen molar-refractivity contribution in [3.63, 3.8) is 0 Å². The zero-order valence-electron chi connectivity index (χ0n) is 12.4. The number of carbonyl (C=O) groups is 2. The normalized spacial score (nSPS) is 22.7. The molecule has 1 aromatic carbocycles. The standard InChI is InChI=1S/C17H23NO3/c1-2-6-15(12-7-4-3-5-8-12)18-16(19)13-9-10-14(11-13)17(20)21/h3-5,7-8,13-15H,2,6,9-11H2,1H3,(H,18,19)(H,20,21). The number of aliphatic carboxylic acids is 1. The molecular formula is C17H23NO3. The molecule has 0 spiro atoms. The van der Waals surface area contributed by atoms with Crippen LogP contribution in [0.1, 0.15) is 50.6 Å². The minimum absolute atomic E-state index is 0.000975. The summed E-state index contributed by atoms with van der Waals surface area (Å²) in [5, 5.41) is 12.1. The van der Waals surface area contributed by atoms with Crippen LogP contribution in [0.25, 0.3) is 0 Å². The summed E-state index contributed by atoms with van der Waals surface area (Å²) in [6, 6.07) is 9.97. The molecule has 0 radical (unpaired) electrons. The molecule has 1 amide bonds. The first-order valence-corrected chi connectivity index (χ1v) is 7.70. The number of amides is 1. The van der Waals surface area contributed by atoms with E-state index in [0.717, 1.165) is 18.4 Å². The van der Waals surface area contributed by atoms with Crippen LogP contribution in [0.15, 0.2) is 30.3 Å². The molecule has 0 aromatic heterocycles. The van der Waals surface area contributed by atoms with Gasteiger partial charge in [-0.2, -0.15) is 0 Å². The number of benzene rings is 1. The summed E-state index contributed by atoms with van der Waals surface area (Å²) < 4.78 is 0. The Bertz CT molecular complexity index is 486. The summed E-state index contributed by atoms with van der Waals surface area (Å²) in [5.41, 5.74) is 1.11. The van der Waals surface area contributed by atoms with Gasteiger partial charge in [0.2, 0.25) is 5.91 Å². The van der Waals surface area contributed by atoms with Gasteiger partial charge in [0.15, 0.2) is 0 Å². The van der Waals surface area contributed by atoms with Crippen molar-refractivity contribution in [1.82, 2.24) is 5.32 Å². The molecule has 1 saturated carbocycles. The van der Waals surface area contributed by atoms with Crippen LogP contribution in [0.2, 0.25) is 0 Å². The van der Waals surface area contributed by atoms with Gasteiger partial charge in [-0.15, -0.1) is 0 Å². The van der Waals surface area contributed by atoms with Gasteiger partial charge in [0.05, 0.1) is 12.0 Å². The predicted molar refractivity (Wildman–Crippen MR) is 80.7 cm³/mol. The van der Waals surface area contributed by atoms with E-state index in [2.05, 4.69) is 12.2 Å². The molecule has 4 nitrogen and oxygen atoms in total. The van der Waals surface area contributed by atoms with E-state index in [1.165, 1.54) is 0 Å². The van der Waals surface area contributed by atoms with Gasteiger partial charge in [0.25, 0.3) is 0 Å². The van der Waals surface area contributed by atoms with Crippen molar-refractivity contribution in [3.05, 3.63) is 35.9 Å². The third-order valence-corrected chi connectivity index (χ3v) is 4.25. The van der Waals surface area contributed by atoms with Crippen LogP contribution < -0.4 is 5.32 Å². The number of hydrogen-bond acceptors (Lipinski definition) is 2. The number of carboxylic acid groups (broad SMARTS) is 1. The van der Waals surface area contributed by atoms with Crippen molar-refractivity contribution in [3.8, 4) is 0 Å². The highest BCUT2D eigenvalue weighted by Crippen LogP contribution is 2.32. The fourth-order valence-electron chi connectivity index (χ4n) is 3.03. The van der Waals surface area contributed by atoms with Crippen molar-refractivity contribution in [2.24, 2.45) is 11.8 Å². The van der Waals surface area contributed by atoms with Gasteiger partial charge >= 0.3 is 5.97 Å². The first-order valence-electron chi connectivity index (χ1n) is 7.70. The van der Waals surface area contributed by atoms with Crippen molar-refractivity contribution in [1.29, 1.82) is 0 Å². The topological polar surface area (TPSA) is 66.4 Å². The summed E-state index contributed by atoms with van der Waals surface area (Å²) in [6.07, 6.45) is 3.63. The largest absolute Gasteiger partial charge is 0.481 e. The summed E-state index contributed by atoms with van der Waals surface area (Å²) in [5.74, 6) is -1.30. The van der Waals surface area contributed by atoms with Crippen LogP contribution in [-0.2, 0) is 9.59 Å². The van der Waals surface area contributed by atoms with E-state index in [4.69, 9.17) is 5.11 Å². The van der Waals surface area contributed by atoms with E-state index in [9.17, 15) is 9.59 Å². The Kier molecular flexibility index (Phi) is 5.37. The zero-order valence-corrected chi connectivity index (χ0v) is 12.4. The van der Waals surface area contributed by atoms with Gasteiger partial charge in [-0.1, -0.05) is 43.7 Å². The van der Waals surface area contributed by atoms with Crippen LogP contribution in [0, 0.1) is 11.8 Å². The molecule has 1 aromatic rings. The zero-order chi connectivity index (χ0) is 15.2. The third-order valence-electron chi connectivity index (χ3n) is 4.25. The van der Waals surface area contributed by atoms with Crippen LogP contribution in [0.5, 0.6) is 0 Å². The van der Waals surface area contributed by atoms with Crippen molar-refractivity contribution in [2.45, 2.75) is 45.1 Å². The lowest BCUT2D eigenvalue weighted by Gasteiger charge is -2.21. The van der Waals surface area contributed by atoms with Gasteiger partial charge in [-0.3, -0.25) is 9.59 Å². The Hall–Kier alpha value is -1.84. The molecule has 0 saturated heterocycles. The highest BCUT2D eigenvalue weighted by molar-refractivity contribution is 5.81. The summed E-state index contributed by atoms with van der Waals surface area (Å²) >= 11 is 0. The first kappa shape index (κ1) is 15.5. The Morgan fingerprint density at radius 2 is 1.90 bits per heavy atom. The second-order valence-corrected chi connectivity index (χ2v) is 5.81. The van der Waals surface area contributed by atoms with Crippen molar-refractivity contribution >= 4 is 11.9 Å². The third kappa shape index (κ3) is 4.06. The average molecular weight is 289 g/mol. The maximum atomic E-state index is 12.4. The molecule has 0 heterocycles.